The molecule has 2 fully saturated rings. The van der Waals surface area contributed by atoms with E-state index in [0.29, 0.717) is 5.92 Å². The zero-order valence-electron chi connectivity index (χ0n) is 20.6. The number of ether oxygens (including phenoxy) is 2. The number of halogens is 1. The van der Waals surface area contributed by atoms with E-state index in [9.17, 15) is 0 Å². The van der Waals surface area contributed by atoms with Gasteiger partial charge in [0, 0.05) is 66.2 Å². The average molecular weight is 574 g/mol. The number of hydrogen-bond acceptors (Lipinski definition) is 5. The van der Waals surface area contributed by atoms with Crippen LogP contribution in [0.5, 0.6) is 0 Å². The standard InChI is InChI=1S/C25H43N5O2.HI/c1-26-25(27-11-3-16-32-21-24-9-17-31-18-10-24)28-19-22-5-7-23(8-6-22)20-30-13-4-12-29(2)14-15-30;/h5-8,24H,3-4,9-21H2,1-2H3,(H2,26,27,28);1H. The molecule has 33 heavy (non-hydrogen) atoms. The van der Waals surface area contributed by atoms with Gasteiger partial charge in [0.05, 0.1) is 0 Å². The molecule has 2 aliphatic heterocycles. The molecule has 2 aliphatic rings. The summed E-state index contributed by atoms with van der Waals surface area (Å²) in [5, 5.41) is 6.79. The summed E-state index contributed by atoms with van der Waals surface area (Å²) >= 11 is 0. The van der Waals surface area contributed by atoms with E-state index < -0.39 is 0 Å². The molecule has 0 atom stereocenters. The maximum Gasteiger partial charge on any atom is 0.191 e. The minimum absolute atomic E-state index is 0. The maximum absolute atomic E-state index is 5.83. The zero-order valence-corrected chi connectivity index (χ0v) is 22.9. The van der Waals surface area contributed by atoms with Gasteiger partial charge in [0.15, 0.2) is 5.96 Å². The van der Waals surface area contributed by atoms with Gasteiger partial charge in [-0.05, 0) is 62.9 Å². The first kappa shape index (κ1) is 28.3. The van der Waals surface area contributed by atoms with E-state index in [1.165, 1.54) is 30.6 Å². The number of nitrogens with one attached hydrogen (secondary N) is 2. The number of benzene rings is 1. The molecule has 1 aromatic rings. The second-order valence-corrected chi connectivity index (χ2v) is 9.09. The minimum atomic E-state index is 0. The van der Waals surface area contributed by atoms with Gasteiger partial charge >= 0.3 is 0 Å². The van der Waals surface area contributed by atoms with Crippen LogP contribution in [0, 0.1) is 5.92 Å². The Labute approximate surface area is 217 Å². The van der Waals surface area contributed by atoms with Crippen molar-refractivity contribution in [3.63, 3.8) is 0 Å². The van der Waals surface area contributed by atoms with Crippen molar-refractivity contribution in [2.24, 2.45) is 10.9 Å². The monoisotopic (exact) mass is 573 g/mol. The number of guanidine groups is 1. The Hall–Kier alpha value is -0.940. The molecule has 3 rings (SSSR count). The summed E-state index contributed by atoms with van der Waals surface area (Å²) in [6.07, 6.45) is 4.49. The first-order chi connectivity index (χ1) is 15.7. The lowest BCUT2D eigenvalue weighted by Crippen LogP contribution is -2.37. The number of aliphatic imine (C=N–C) groups is 1. The topological polar surface area (TPSA) is 61.4 Å². The molecule has 0 bridgehead atoms. The summed E-state index contributed by atoms with van der Waals surface area (Å²) < 4.78 is 11.2. The van der Waals surface area contributed by atoms with Crippen molar-refractivity contribution in [3.8, 4) is 0 Å². The summed E-state index contributed by atoms with van der Waals surface area (Å²) in [6, 6.07) is 8.97. The van der Waals surface area contributed by atoms with Crippen molar-refractivity contribution >= 4 is 29.9 Å². The highest BCUT2D eigenvalue weighted by molar-refractivity contribution is 14.0. The molecule has 7 nitrogen and oxygen atoms in total. The predicted molar refractivity (Wildman–Crippen MR) is 146 cm³/mol. The van der Waals surface area contributed by atoms with Gasteiger partial charge in [0.2, 0.25) is 0 Å². The van der Waals surface area contributed by atoms with E-state index in [2.05, 4.69) is 56.7 Å². The first-order valence-corrected chi connectivity index (χ1v) is 12.3. The van der Waals surface area contributed by atoms with E-state index >= 15 is 0 Å². The van der Waals surface area contributed by atoms with Crippen LogP contribution in [0.3, 0.4) is 0 Å². The zero-order chi connectivity index (χ0) is 22.4. The van der Waals surface area contributed by atoms with Gasteiger partial charge in [-0.25, -0.2) is 0 Å². The lowest BCUT2D eigenvalue weighted by atomic mass is 10.0. The van der Waals surface area contributed by atoms with Crippen molar-refractivity contribution in [2.45, 2.75) is 38.8 Å². The Morgan fingerprint density at radius 3 is 2.58 bits per heavy atom. The highest BCUT2D eigenvalue weighted by Gasteiger charge is 2.14. The SMILES string of the molecule is CN=C(NCCCOCC1CCOCC1)NCc1ccc(CN2CCCN(C)CC2)cc1.I. The van der Waals surface area contributed by atoms with Gasteiger partial charge in [0.1, 0.15) is 0 Å². The van der Waals surface area contributed by atoms with Crippen molar-refractivity contribution < 1.29 is 9.47 Å². The van der Waals surface area contributed by atoms with Crippen LogP contribution in [-0.2, 0) is 22.6 Å². The molecule has 188 valence electrons. The summed E-state index contributed by atoms with van der Waals surface area (Å²) in [7, 11) is 4.04. The first-order valence-electron chi connectivity index (χ1n) is 12.3. The third-order valence-electron chi connectivity index (χ3n) is 6.38. The molecule has 0 aromatic heterocycles. The average Bonchev–Trinajstić information content (AvgIpc) is 3.03. The number of hydrogen-bond donors (Lipinski definition) is 2. The van der Waals surface area contributed by atoms with E-state index in [-0.39, 0.29) is 24.0 Å². The third-order valence-corrected chi connectivity index (χ3v) is 6.38. The Bertz CT molecular complexity index is 667. The van der Waals surface area contributed by atoms with Crippen LogP contribution in [0.25, 0.3) is 0 Å². The minimum Gasteiger partial charge on any atom is -0.381 e. The van der Waals surface area contributed by atoms with Gasteiger partial charge in [0.25, 0.3) is 0 Å². The van der Waals surface area contributed by atoms with Crippen LogP contribution >= 0.6 is 24.0 Å². The van der Waals surface area contributed by atoms with Crippen LogP contribution < -0.4 is 10.6 Å². The molecular weight excluding hydrogens is 529 g/mol. The molecule has 0 aliphatic carbocycles. The summed E-state index contributed by atoms with van der Waals surface area (Å²) in [5.74, 6) is 1.51. The second kappa shape index (κ2) is 16.6. The molecule has 0 amide bonds. The number of rotatable bonds is 10. The molecule has 0 unspecified atom stereocenters. The van der Waals surface area contributed by atoms with E-state index in [1.807, 2.05) is 7.05 Å². The summed E-state index contributed by atoms with van der Waals surface area (Å²) in [5.41, 5.74) is 2.66. The molecule has 0 saturated carbocycles. The van der Waals surface area contributed by atoms with E-state index in [0.717, 1.165) is 84.4 Å². The molecule has 8 heteroatoms. The molecule has 2 heterocycles. The van der Waals surface area contributed by atoms with Gasteiger partial charge in [-0.1, -0.05) is 24.3 Å². The number of nitrogens with zero attached hydrogens (tertiary/aromatic N) is 3. The fourth-order valence-electron chi connectivity index (χ4n) is 4.23. The highest BCUT2D eigenvalue weighted by Crippen LogP contribution is 2.14. The van der Waals surface area contributed by atoms with Gasteiger partial charge in [-0.2, -0.15) is 0 Å². The van der Waals surface area contributed by atoms with Gasteiger partial charge in [-0.3, -0.25) is 9.89 Å². The van der Waals surface area contributed by atoms with Gasteiger partial charge in [-0.15, -0.1) is 24.0 Å². The number of likely N-dealkylation sites (N-methyl/N-ethyl adjacent to an activating group) is 1. The molecule has 2 N–H and O–H groups in total. The largest absolute Gasteiger partial charge is 0.381 e. The van der Waals surface area contributed by atoms with Crippen LogP contribution in [0.4, 0.5) is 0 Å². The summed E-state index contributed by atoms with van der Waals surface area (Å²) in [4.78, 5) is 9.33. The Morgan fingerprint density at radius 1 is 1.06 bits per heavy atom. The quantitative estimate of drug-likeness (QED) is 0.194. The molecular formula is C25H44IN5O2. The Balaban J connectivity index is 0.00000385. The van der Waals surface area contributed by atoms with Crippen molar-refractivity contribution in [3.05, 3.63) is 35.4 Å². The highest BCUT2D eigenvalue weighted by atomic mass is 127. The van der Waals surface area contributed by atoms with E-state index in [1.54, 1.807) is 0 Å². The summed E-state index contributed by atoms with van der Waals surface area (Å²) in [6.45, 7) is 10.8. The van der Waals surface area contributed by atoms with Crippen molar-refractivity contribution in [1.29, 1.82) is 0 Å². The lowest BCUT2D eigenvalue weighted by molar-refractivity contribution is 0.0203. The fraction of sp³-hybridized carbons (Fsp3) is 0.720. The van der Waals surface area contributed by atoms with Crippen LogP contribution in [-0.4, -0.2) is 89.0 Å². The maximum atomic E-state index is 5.83. The predicted octanol–water partition coefficient (Wildman–Crippen LogP) is 2.94. The molecule has 0 spiro atoms. The molecule has 2 saturated heterocycles. The normalized spacial score (nSPS) is 19.0. The Kier molecular flexibility index (Phi) is 14.3. The Morgan fingerprint density at radius 2 is 1.82 bits per heavy atom. The molecule has 1 aromatic carbocycles. The second-order valence-electron chi connectivity index (χ2n) is 9.09. The van der Waals surface area contributed by atoms with Crippen LogP contribution in [0.1, 0.15) is 36.8 Å². The van der Waals surface area contributed by atoms with Crippen molar-refractivity contribution in [1.82, 2.24) is 20.4 Å². The van der Waals surface area contributed by atoms with E-state index in [4.69, 9.17) is 9.47 Å². The third kappa shape index (κ3) is 11.4. The smallest absolute Gasteiger partial charge is 0.191 e. The van der Waals surface area contributed by atoms with Gasteiger partial charge < -0.3 is 25.0 Å². The lowest BCUT2D eigenvalue weighted by Gasteiger charge is -2.21. The van der Waals surface area contributed by atoms with Crippen LogP contribution in [0.15, 0.2) is 29.3 Å². The molecule has 0 radical (unpaired) electrons. The van der Waals surface area contributed by atoms with Crippen LogP contribution in [0.2, 0.25) is 0 Å². The van der Waals surface area contributed by atoms with Crippen molar-refractivity contribution in [2.75, 3.05) is 73.2 Å². The fourth-order valence-corrected chi connectivity index (χ4v) is 4.23.